The zero-order chi connectivity index (χ0) is 20.0. The summed E-state index contributed by atoms with van der Waals surface area (Å²) in [7, 11) is 1.84. The normalized spacial score (nSPS) is 14.0. The molecule has 0 fully saturated rings. The maximum Gasteiger partial charge on any atom is 0.120 e. The number of nitrogens with one attached hydrogen (secondary N) is 1. The van der Waals surface area contributed by atoms with Gasteiger partial charge in [0.05, 0.1) is 21.3 Å². The standard InChI is InChI=1S/C22H16N6S/c1-28-12-18-8-14(6-16(10-23)20(18)27-28)15-7-17(11-24)21-19(9-15)29-22(26-21)13-2-4-25-5-3-13/h2,6-9,12,25H,3-5H2,1H3. The minimum absolute atomic E-state index is 0.529. The number of hydrogen-bond acceptors (Lipinski definition) is 6. The van der Waals surface area contributed by atoms with Crippen LogP contribution in [0.1, 0.15) is 22.6 Å². The van der Waals surface area contributed by atoms with E-state index in [2.05, 4.69) is 34.7 Å². The first-order valence-corrected chi connectivity index (χ1v) is 10.1. The van der Waals surface area contributed by atoms with E-state index in [4.69, 9.17) is 4.98 Å². The van der Waals surface area contributed by atoms with Crippen molar-refractivity contribution in [2.45, 2.75) is 6.42 Å². The first-order chi connectivity index (χ1) is 14.2. The third-order valence-electron chi connectivity index (χ3n) is 5.13. The number of nitrogens with zero attached hydrogens (tertiary/aromatic N) is 5. The number of nitriles is 2. The lowest BCUT2D eigenvalue weighted by atomic mass is 9.99. The highest BCUT2D eigenvalue weighted by atomic mass is 32.1. The van der Waals surface area contributed by atoms with Crippen LogP contribution in [0.3, 0.4) is 0 Å². The third-order valence-corrected chi connectivity index (χ3v) is 6.21. The molecular weight excluding hydrogens is 380 g/mol. The van der Waals surface area contributed by atoms with Gasteiger partial charge < -0.3 is 5.32 Å². The molecule has 1 N–H and O–H groups in total. The van der Waals surface area contributed by atoms with Gasteiger partial charge in [0.25, 0.3) is 0 Å². The van der Waals surface area contributed by atoms with Crippen molar-refractivity contribution in [3.63, 3.8) is 0 Å². The largest absolute Gasteiger partial charge is 0.313 e. The molecule has 2 aromatic carbocycles. The molecule has 2 aromatic heterocycles. The molecule has 0 bridgehead atoms. The van der Waals surface area contributed by atoms with Crippen molar-refractivity contribution in [1.29, 1.82) is 10.5 Å². The van der Waals surface area contributed by atoms with Crippen LogP contribution in [0.25, 0.3) is 37.8 Å². The average Bonchev–Trinajstić information content (AvgIpc) is 3.35. The van der Waals surface area contributed by atoms with Gasteiger partial charge in [-0.15, -0.1) is 11.3 Å². The lowest BCUT2D eigenvalue weighted by Gasteiger charge is -2.10. The number of aromatic nitrogens is 3. The van der Waals surface area contributed by atoms with Crippen molar-refractivity contribution < 1.29 is 0 Å². The molecule has 7 heteroatoms. The number of hydrogen-bond donors (Lipinski definition) is 1. The van der Waals surface area contributed by atoms with Gasteiger partial charge in [-0.2, -0.15) is 15.6 Å². The SMILES string of the molecule is Cn1cc2cc(-c3cc(C#N)c4nc(C5=CCNCC5)sc4c3)cc(C#N)c2n1. The van der Waals surface area contributed by atoms with Gasteiger partial charge in [-0.3, -0.25) is 4.68 Å². The highest BCUT2D eigenvalue weighted by Crippen LogP contribution is 2.35. The van der Waals surface area contributed by atoms with Crippen LogP contribution in [0.2, 0.25) is 0 Å². The summed E-state index contributed by atoms with van der Waals surface area (Å²) in [6, 6.07) is 12.3. The smallest absolute Gasteiger partial charge is 0.120 e. The molecule has 0 amide bonds. The Morgan fingerprint density at radius 2 is 1.83 bits per heavy atom. The van der Waals surface area contributed by atoms with Gasteiger partial charge in [0.1, 0.15) is 22.7 Å². The molecule has 1 aliphatic rings. The van der Waals surface area contributed by atoms with Crippen molar-refractivity contribution in [3.8, 4) is 23.3 Å². The fourth-order valence-corrected chi connectivity index (χ4v) is 4.84. The highest BCUT2D eigenvalue weighted by molar-refractivity contribution is 7.19. The minimum Gasteiger partial charge on any atom is -0.313 e. The summed E-state index contributed by atoms with van der Waals surface area (Å²) in [6.45, 7) is 1.80. The monoisotopic (exact) mass is 396 g/mol. The second kappa shape index (κ2) is 6.82. The molecule has 5 rings (SSSR count). The Labute approximate surface area is 171 Å². The maximum absolute atomic E-state index is 9.73. The predicted octanol–water partition coefficient (Wildman–Crippen LogP) is 3.97. The number of fused-ring (bicyclic) bond motifs is 2. The fraction of sp³-hybridized carbons (Fsp3) is 0.182. The summed E-state index contributed by atoms with van der Waals surface area (Å²) < 4.78 is 2.69. The van der Waals surface area contributed by atoms with Gasteiger partial charge in [-0.25, -0.2) is 4.98 Å². The zero-order valence-corrected chi connectivity index (χ0v) is 16.5. The second-order valence-corrected chi connectivity index (χ2v) is 8.09. The number of thiazole rings is 1. The van der Waals surface area contributed by atoms with Gasteiger partial charge in [0, 0.05) is 25.2 Å². The van der Waals surface area contributed by atoms with Gasteiger partial charge >= 0.3 is 0 Å². The van der Waals surface area contributed by atoms with E-state index < -0.39 is 0 Å². The number of aryl methyl sites for hydroxylation is 1. The van der Waals surface area contributed by atoms with Gasteiger partial charge in [0.2, 0.25) is 0 Å². The van der Waals surface area contributed by atoms with Gasteiger partial charge in [-0.1, -0.05) is 6.08 Å². The van der Waals surface area contributed by atoms with Gasteiger partial charge in [0.15, 0.2) is 0 Å². The minimum atomic E-state index is 0.529. The van der Waals surface area contributed by atoms with Crippen LogP contribution in [0.4, 0.5) is 0 Å². The van der Waals surface area contributed by atoms with Crippen molar-refractivity contribution in [1.82, 2.24) is 20.1 Å². The fourth-order valence-electron chi connectivity index (χ4n) is 3.74. The quantitative estimate of drug-likeness (QED) is 0.554. The highest BCUT2D eigenvalue weighted by Gasteiger charge is 2.16. The molecule has 0 saturated heterocycles. The molecule has 3 heterocycles. The molecule has 0 radical (unpaired) electrons. The Morgan fingerprint density at radius 1 is 1.07 bits per heavy atom. The van der Waals surface area contributed by atoms with E-state index in [1.165, 1.54) is 5.57 Å². The van der Waals surface area contributed by atoms with Crippen molar-refractivity contribution in [2.75, 3.05) is 13.1 Å². The van der Waals surface area contributed by atoms with Crippen LogP contribution >= 0.6 is 11.3 Å². The van der Waals surface area contributed by atoms with Crippen molar-refractivity contribution in [3.05, 3.63) is 52.7 Å². The summed E-state index contributed by atoms with van der Waals surface area (Å²) in [5, 5.41) is 28.9. The van der Waals surface area contributed by atoms with Crippen LogP contribution in [0.15, 0.2) is 36.5 Å². The van der Waals surface area contributed by atoms with E-state index in [1.807, 2.05) is 31.4 Å². The summed E-state index contributed by atoms with van der Waals surface area (Å²) in [6.07, 6.45) is 5.01. The van der Waals surface area contributed by atoms with Crippen LogP contribution in [0.5, 0.6) is 0 Å². The average molecular weight is 396 g/mol. The summed E-state index contributed by atoms with van der Waals surface area (Å²) >= 11 is 1.62. The molecule has 0 unspecified atom stereocenters. The summed E-state index contributed by atoms with van der Waals surface area (Å²) in [5.74, 6) is 0. The summed E-state index contributed by atoms with van der Waals surface area (Å²) in [4.78, 5) is 4.76. The molecule has 29 heavy (non-hydrogen) atoms. The topological polar surface area (TPSA) is 90.3 Å². The van der Waals surface area contributed by atoms with E-state index in [-0.39, 0.29) is 0 Å². The van der Waals surface area contributed by atoms with Crippen LogP contribution in [-0.2, 0) is 7.05 Å². The molecule has 0 saturated carbocycles. The first-order valence-electron chi connectivity index (χ1n) is 9.29. The third kappa shape index (κ3) is 2.98. The molecule has 4 aromatic rings. The van der Waals surface area contributed by atoms with Crippen LogP contribution in [0, 0.1) is 22.7 Å². The molecular formula is C22H16N6S. The van der Waals surface area contributed by atoms with Crippen molar-refractivity contribution >= 4 is 38.0 Å². The molecule has 1 aliphatic heterocycles. The van der Waals surface area contributed by atoms with E-state index in [9.17, 15) is 10.5 Å². The Balaban J connectivity index is 1.70. The first kappa shape index (κ1) is 17.6. The van der Waals surface area contributed by atoms with E-state index in [0.29, 0.717) is 16.6 Å². The van der Waals surface area contributed by atoms with E-state index >= 15 is 0 Å². The lowest BCUT2D eigenvalue weighted by Crippen LogP contribution is -2.19. The molecule has 0 aliphatic carbocycles. The molecule has 0 spiro atoms. The van der Waals surface area contributed by atoms with E-state index in [0.717, 1.165) is 51.2 Å². The Bertz CT molecular complexity index is 1390. The number of benzene rings is 2. The van der Waals surface area contributed by atoms with Gasteiger partial charge in [-0.05, 0) is 53.9 Å². The Hall–Kier alpha value is -3.52. The molecule has 0 atom stereocenters. The Morgan fingerprint density at radius 3 is 2.55 bits per heavy atom. The second-order valence-electron chi connectivity index (χ2n) is 7.06. The predicted molar refractivity (Wildman–Crippen MR) is 114 cm³/mol. The molecule has 6 nitrogen and oxygen atoms in total. The maximum atomic E-state index is 9.73. The van der Waals surface area contributed by atoms with Crippen molar-refractivity contribution in [2.24, 2.45) is 7.05 Å². The Kier molecular flexibility index (Phi) is 4.13. The van der Waals surface area contributed by atoms with Crippen LogP contribution in [-0.4, -0.2) is 27.9 Å². The number of rotatable bonds is 2. The van der Waals surface area contributed by atoms with E-state index in [1.54, 1.807) is 16.0 Å². The lowest BCUT2D eigenvalue weighted by molar-refractivity contribution is 0.738. The summed E-state index contributed by atoms with van der Waals surface area (Å²) in [5.41, 5.74) is 5.57. The van der Waals surface area contributed by atoms with Crippen LogP contribution < -0.4 is 5.32 Å². The zero-order valence-electron chi connectivity index (χ0n) is 15.7. The molecule has 140 valence electrons.